The van der Waals surface area contributed by atoms with E-state index in [2.05, 4.69) is 24.1 Å². The fraction of sp³-hybridized carbons (Fsp3) is 0.625. The van der Waals surface area contributed by atoms with Crippen LogP contribution in [0.25, 0.3) is 0 Å². The Morgan fingerprint density at radius 3 is 2.90 bits per heavy atom. The molecule has 2 rings (SSSR count). The van der Waals surface area contributed by atoms with Crippen LogP contribution in [-0.2, 0) is 6.54 Å². The average molecular weight is 280 g/mol. The summed E-state index contributed by atoms with van der Waals surface area (Å²) in [4.78, 5) is 2.36. The first-order valence-electron chi connectivity index (χ1n) is 7.44. The average Bonchev–Trinajstić information content (AvgIpc) is 2.44. The van der Waals surface area contributed by atoms with Crippen LogP contribution < -0.4 is 10.1 Å². The number of ether oxygens (including phenoxy) is 1. The lowest BCUT2D eigenvalue weighted by molar-refractivity contribution is 0.128. The van der Waals surface area contributed by atoms with Gasteiger partial charge in [0, 0.05) is 43.3 Å². The Balaban J connectivity index is 2.03. The van der Waals surface area contributed by atoms with Crippen LogP contribution in [0.5, 0.6) is 5.75 Å². The van der Waals surface area contributed by atoms with E-state index in [-0.39, 0.29) is 5.82 Å². The fourth-order valence-corrected chi connectivity index (χ4v) is 2.76. The van der Waals surface area contributed by atoms with Gasteiger partial charge in [0.15, 0.2) is 0 Å². The van der Waals surface area contributed by atoms with Crippen LogP contribution in [0.4, 0.5) is 4.39 Å². The van der Waals surface area contributed by atoms with E-state index >= 15 is 0 Å². The highest BCUT2D eigenvalue weighted by atomic mass is 19.1. The Kier molecular flexibility index (Phi) is 5.38. The Hall–Kier alpha value is -1.13. The molecule has 0 saturated carbocycles. The van der Waals surface area contributed by atoms with Crippen molar-refractivity contribution in [1.29, 1.82) is 0 Å². The molecule has 1 N–H and O–H groups in total. The molecule has 1 heterocycles. The number of nitrogens with one attached hydrogen (secondary N) is 1. The molecular formula is C16H25FN2O. The molecule has 1 aliphatic heterocycles. The van der Waals surface area contributed by atoms with Gasteiger partial charge in [-0.2, -0.15) is 0 Å². The summed E-state index contributed by atoms with van der Waals surface area (Å²) in [5.74, 6) is 0.394. The van der Waals surface area contributed by atoms with Gasteiger partial charge >= 0.3 is 0 Å². The monoisotopic (exact) mass is 280 g/mol. The van der Waals surface area contributed by atoms with Crippen LogP contribution in [0.3, 0.4) is 0 Å². The summed E-state index contributed by atoms with van der Waals surface area (Å²) in [6.45, 7) is 7.02. The van der Waals surface area contributed by atoms with Crippen molar-refractivity contribution in [3.8, 4) is 5.75 Å². The minimum atomic E-state index is -0.179. The van der Waals surface area contributed by atoms with Gasteiger partial charge < -0.3 is 10.1 Å². The summed E-state index contributed by atoms with van der Waals surface area (Å²) >= 11 is 0. The van der Waals surface area contributed by atoms with Gasteiger partial charge in [-0.25, -0.2) is 4.39 Å². The predicted molar refractivity (Wildman–Crippen MR) is 79.5 cm³/mol. The van der Waals surface area contributed by atoms with Crippen molar-refractivity contribution >= 4 is 0 Å². The molecule has 1 aliphatic rings. The highest BCUT2D eigenvalue weighted by Crippen LogP contribution is 2.20. The first-order chi connectivity index (χ1) is 9.63. The Morgan fingerprint density at radius 2 is 2.25 bits per heavy atom. The second-order valence-corrected chi connectivity index (χ2v) is 5.63. The van der Waals surface area contributed by atoms with Gasteiger partial charge in [0.1, 0.15) is 11.6 Å². The number of nitrogens with zero attached hydrogens (tertiary/aromatic N) is 1. The Labute approximate surface area is 121 Å². The predicted octanol–water partition coefficient (Wildman–Crippen LogP) is 2.80. The van der Waals surface area contributed by atoms with Crippen molar-refractivity contribution in [2.75, 3.05) is 20.2 Å². The molecule has 1 saturated heterocycles. The molecule has 0 bridgehead atoms. The summed E-state index contributed by atoms with van der Waals surface area (Å²) in [5, 5.41) is 3.56. The standard InChI is InChI=1S/C16H25FN2O/c1-4-5-14-11-19(12(2)9-18-14)10-13-6-7-15(20-3)8-16(13)17/h6-8,12,14,18H,4-5,9-11H2,1-3H3. The largest absolute Gasteiger partial charge is 0.497 e. The lowest BCUT2D eigenvalue weighted by Gasteiger charge is -2.39. The van der Waals surface area contributed by atoms with Crippen molar-refractivity contribution in [1.82, 2.24) is 10.2 Å². The lowest BCUT2D eigenvalue weighted by Crippen LogP contribution is -2.54. The third-order valence-corrected chi connectivity index (χ3v) is 4.05. The molecule has 20 heavy (non-hydrogen) atoms. The molecule has 0 amide bonds. The molecule has 2 atom stereocenters. The number of piperazine rings is 1. The molecular weight excluding hydrogens is 255 g/mol. The summed E-state index contributed by atoms with van der Waals surface area (Å²) < 4.78 is 19.1. The highest BCUT2D eigenvalue weighted by molar-refractivity contribution is 5.28. The van der Waals surface area contributed by atoms with Gasteiger partial charge in [0.2, 0.25) is 0 Å². The lowest BCUT2D eigenvalue weighted by atomic mass is 10.0. The summed E-state index contributed by atoms with van der Waals surface area (Å²) in [7, 11) is 1.56. The SMILES string of the molecule is CCCC1CN(Cc2ccc(OC)cc2F)C(C)CN1. The van der Waals surface area contributed by atoms with Gasteiger partial charge in [0.25, 0.3) is 0 Å². The zero-order chi connectivity index (χ0) is 14.5. The van der Waals surface area contributed by atoms with E-state index in [1.165, 1.54) is 18.9 Å². The summed E-state index contributed by atoms with van der Waals surface area (Å²) in [5.41, 5.74) is 0.745. The van der Waals surface area contributed by atoms with Crippen LogP contribution in [0.15, 0.2) is 18.2 Å². The molecule has 0 radical (unpaired) electrons. The third-order valence-electron chi connectivity index (χ3n) is 4.05. The molecule has 4 heteroatoms. The Morgan fingerprint density at radius 1 is 1.45 bits per heavy atom. The normalized spacial score (nSPS) is 23.8. The molecule has 2 unspecified atom stereocenters. The van der Waals surface area contributed by atoms with E-state index in [1.54, 1.807) is 7.11 Å². The summed E-state index contributed by atoms with van der Waals surface area (Å²) in [6, 6.07) is 6.08. The second-order valence-electron chi connectivity index (χ2n) is 5.63. The minimum absolute atomic E-state index is 0.179. The fourth-order valence-electron chi connectivity index (χ4n) is 2.76. The molecule has 0 aliphatic carbocycles. The maximum atomic E-state index is 14.0. The second kappa shape index (κ2) is 7.04. The highest BCUT2D eigenvalue weighted by Gasteiger charge is 2.25. The zero-order valence-corrected chi connectivity index (χ0v) is 12.7. The van der Waals surface area contributed by atoms with E-state index < -0.39 is 0 Å². The molecule has 0 aromatic heterocycles. The van der Waals surface area contributed by atoms with Crippen molar-refractivity contribution in [2.45, 2.75) is 45.3 Å². The number of methoxy groups -OCH3 is 1. The van der Waals surface area contributed by atoms with E-state index in [9.17, 15) is 4.39 Å². The third kappa shape index (κ3) is 3.70. The molecule has 3 nitrogen and oxygen atoms in total. The number of hydrogen-bond donors (Lipinski definition) is 1. The van der Waals surface area contributed by atoms with Crippen molar-refractivity contribution < 1.29 is 9.13 Å². The van der Waals surface area contributed by atoms with Gasteiger partial charge in [0.05, 0.1) is 7.11 Å². The smallest absolute Gasteiger partial charge is 0.131 e. The van der Waals surface area contributed by atoms with Crippen molar-refractivity contribution in [3.05, 3.63) is 29.6 Å². The van der Waals surface area contributed by atoms with E-state index in [0.717, 1.165) is 18.7 Å². The molecule has 1 aromatic carbocycles. The van der Waals surface area contributed by atoms with Crippen LogP contribution in [-0.4, -0.2) is 37.2 Å². The maximum Gasteiger partial charge on any atom is 0.131 e. The van der Waals surface area contributed by atoms with Crippen molar-refractivity contribution in [3.63, 3.8) is 0 Å². The van der Waals surface area contributed by atoms with Crippen LogP contribution in [0, 0.1) is 5.82 Å². The van der Waals surface area contributed by atoms with Gasteiger partial charge in [-0.3, -0.25) is 4.90 Å². The number of hydrogen-bond acceptors (Lipinski definition) is 3. The van der Waals surface area contributed by atoms with Crippen LogP contribution in [0.1, 0.15) is 32.3 Å². The van der Waals surface area contributed by atoms with Gasteiger partial charge in [-0.15, -0.1) is 0 Å². The molecule has 1 aromatic rings. The summed E-state index contributed by atoms with van der Waals surface area (Å²) in [6.07, 6.45) is 2.35. The van der Waals surface area contributed by atoms with Gasteiger partial charge in [-0.1, -0.05) is 19.4 Å². The number of halogens is 1. The molecule has 112 valence electrons. The number of benzene rings is 1. The van der Waals surface area contributed by atoms with E-state index in [0.29, 0.717) is 24.4 Å². The number of rotatable bonds is 5. The van der Waals surface area contributed by atoms with Gasteiger partial charge in [-0.05, 0) is 19.4 Å². The van der Waals surface area contributed by atoms with Crippen LogP contribution in [0.2, 0.25) is 0 Å². The van der Waals surface area contributed by atoms with Crippen molar-refractivity contribution in [2.24, 2.45) is 0 Å². The Bertz CT molecular complexity index is 438. The maximum absolute atomic E-state index is 14.0. The first kappa shape index (κ1) is 15.3. The quantitative estimate of drug-likeness (QED) is 0.897. The topological polar surface area (TPSA) is 24.5 Å². The molecule has 0 spiro atoms. The molecule has 1 fully saturated rings. The van der Waals surface area contributed by atoms with Crippen LogP contribution >= 0.6 is 0 Å². The van der Waals surface area contributed by atoms with E-state index in [1.807, 2.05) is 12.1 Å². The van der Waals surface area contributed by atoms with E-state index in [4.69, 9.17) is 4.74 Å². The zero-order valence-electron chi connectivity index (χ0n) is 12.7. The first-order valence-corrected chi connectivity index (χ1v) is 7.44. The minimum Gasteiger partial charge on any atom is -0.497 e.